The van der Waals surface area contributed by atoms with Gasteiger partial charge in [0.2, 0.25) is 0 Å². The summed E-state index contributed by atoms with van der Waals surface area (Å²) in [7, 11) is 0. The van der Waals surface area contributed by atoms with Gasteiger partial charge < -0.3 is 10.6 Å². The molecule has 2 aromatic heterocycles. The lowest BCUT2D eigenvalue weighted by molar-refractivity contribution is 0.102. The number of amides is 1. The second-order valence-corrected chi connectivity index (χ2v) is 4.90. The van der Waals surface area contributed by atoms with Gasteiger partial charge in [-0.1, -0.05) is 13.8 Å². The summed E-state index contributed by atoms with van der Waals surface area (Å²) in [6, 6.07) is 3.54. The van der Waals surface area contributed by atoms with Crippen molar-refractivity contribution in [1.29, 1.82) is 0 Å². The molecule has 110 valence electrons. The maximum absolute atomic E-state index is 12.3. The van der Waals surface area contributed by atoms with Crippen LogP contribution in [-0.4, -0.2) is 27.4 Å². The van der Waals surface area contributed by atoms with Gasteiger partial charge in [-0.25, -0.2) is 9.97 Å². The van der Waals surface area contributed by atoms with Gasteiger partial charge in [0.15, 0.2) is 5.82 Å². The smallest absolute Gasteiger partial charge is 0.257 e. The van der Waals surface area contributed by atoms with Crippen molar-refractivity contribution in [3.63, 3.8) is 0 Å². The first kappa shape index (κ1) is 14.9. The minimum Gasteiger partial charge on any atom is -0.370 e. The number of carbonyl (C=O) groups is 1. The van der Waals surface area contributed by atoms with Crippen LogP contribution in [0.3, 0.4) is 0 Å². The second kappa shape index (κ2) is 6.78. The Morgan fingerprint density at radius 3 is 2.67 bits per heavy atom. The molecule has 0 saturated carbocycles. The van der Waals surface area contributed by atoms with E-state index in [0.29, 0.717) is 17.2 Å². The summed E-state index contributed by atoms with van der Waals surface area (Å²) in [5, 5.41) is 5.87. The van der Waals surface area contributed by atoms with Crippen LogP contribution < -0.4 is 10.6 Å². The number of hydrogen-bond donors (Lipinski definition) is 2. The summed E-state index contributed by atoms with van der Waals surface area (Å²) in [4.78, 5) is 24.8. The molecule has 6 heteroatoms. The lowest BCUT2D eigenvalue weighted by Crippen LogP contribution is -2.15. The minimum atomic E-state index is -0.223. The van der Waals surface area contributed by atoms with Crippen LogP contribution >= 0.6 is 0 Å². The molecule has 0 unspecified atom stereocenters. The zero-order valence-corrected chi connectivity index (χ0v) is 12.4. The molecule has 0 aromatic carbocycles. The highest BCUT2D eigenvalue weighted by molar-refractivity contribution is 6.04. The molecule has 0 aliphatic carbocycles. The number of carbonyl (C=O) groups excluding carboxylic acids is 1. The van der Waals surface area contributed by atoms with Gasteiger partial charge >= 0.3 is 0 Å². The van der Waals surface area contributed by atoms with Crippen molar-refractivity contribution in [2.45, 2.75) is 26.7 Å². The van der Waals surface area contributed by atoms with E-state index in [1.165, 1.54) is 12.4 Å². The molecule has 1 amide bonds. The molecular weight excluding hydrogens is 266 g/mol. The number of nitrogens with one attached hydrogen (secondary N) is 2. The molecule has 0 spiro atoms. The van der Waals surface area contributed by atoms with E-state index >= 15 is 0 Å². The van der Waals surface area contributed by atoms with E-state index in [1.54, 1.807) is 18.3 Å². The van der Waals surface area contributed by atoms with Crippen LogP contribution in [0.25, 0.3) is 0 Å². The zero-order chi connectivity index (χ0) is 15.2. The maximum Gasteiger partial charge on any atom is 0.257 e. The number of aromatic nitrogens is 3. The molecule has 0 bridgehead atoms. The molecule has 21 heavy (non-hydrogen) atoms. The summed E-state index contributed by atoms with van der Waals surface area (Å²) in [6.07, 6.45) is 4.60. The first-order valence-corrected chi connectivity index (χ1v) is 6.93. The Kier molecular flexibility index (Phi) is 4.81. The van der Waals surface area contributed by atoms with Crippen LogP contribution in [0.5, 0.6) is 0 Å². The van der Waals surface area contributed by atoms with E-state index < -0.39 is 0 Å². The average Bonchev–Trinajstić information content (AvgIpc) is 2.48. The Balaban J connectivity index is 2.27. The third-order valence-electron chi connectivity index (χ3n) is 2.86. The number of nitrogens with zero attached hydrogens (tertiary/aromatic N) is 3. The fraction of sp³-hybridized carbons (Fsp3) is 0.333. The van der Waals surface area contributed by atoms with Gasteiger partial charge in [-0.3, -0.25) is 9.78 Å². The van der Waals surface area contributed by atoms with Crippen LogP contribution in [0.1, 0.15) is 42.7 Å². The predicted molar refractivity (Wildman–Crippen MR) is 82.5 cm³/mol. The molecule has 2 aromatic rings. The Labute approximate surface area is 124 Å². The fourth-order valence-corrected chi connectivity index (χ4v) is 1.80. The van der Waals surface area contributed by atoms with Gasteiger partial charge in [0.1, 0.15) is 5.82 Å². The zero-order valence-electron chi connectivity index (χ0n) is 12.4. The van der Waals surface area contributed by atoms with Crippen molar-refractivity contribution in [1.82, 2.24) is 15.0 Å². The predicted octanol–water partition coefficient (Wildman–Crippen LogP) is 2.68. The number of rotatable bonds is 5. The van der Waals surface area contributed by atoms with Crippen molar-refractivity contribution in [3.8, 4) is 0 Å². The van der Waals surface area contributed by atoms with Crippen LogP contribution in [0, 0.1) is 0 Å². The number of pyridine rings is 1. The summed E-state index contributed by atoms with van der Waals surface area (Å²) >= 11 is 0. The van der Waals surface area contributed by atoms with Gasteiger partial charge in [-0.05, 0) is 25.0 Å². The normalized spacial score (nSPS) is 10.5. The van der Waals surface area contributed by atoms with Crippen molar-refractivity contribution < 1.29 is 4.79 Å². The Hall–Kier alpha value is -2.50. The summed E-state index contributed by atoms with van der Waals surface area (Å²) < 4.78 is 0. The first-order valence-electron chi connectivity index (χ1n) is 6.93. The van der Waals surface area contributed by atoms with Crippen LogP contribution in [0.4, 0.5) is 11.6 Å². The molecule has 0 atom stereocenters. The average molecular weight is 285 g/mol. The Morgan fingerprint density at radius 2 is 2.05 bits per heavy atom. The highest BCUT2D eigenvalue weighted by Gasteiger charge is 2.12. The highest BCUT2D eigenvalue weighted by atomic mass is 16.1. The summed E-state index contributed by atoms with van der Waals surface area (Å²) in [5.74, 6) is 1.15. The van der Waals surface area contributed by atoms with E-state index in [2.05, 4.69) is 25.6 Å². The summed E-state index contributed by atoms with van der Waals surface area (Å²) in [5.41, 5.74) is 1.42. The molecule has 0 fully saturated rings. The molecular formula is C15H19N5O. The Morgan fingerprint density at radius 1 is 1.24 bits per heavy atom. The van der Waals surface area contributed by atoms with Gasteiger partial charge in [-0.2, -0.15) is 0 Å². The molecule has 2 heterocycles. The minimum absolute atomic E-state index is 0.223. The van der Waals surface area contributed by atoms with Crippen molar-refractivity contribution in [2.24, 2.45) is 0 Å². The van der Waals surface area contributed by atoms with E-state index in [-0.39, 0.29) is 11.8 Å². The molecule has 0 radical (unpaired) electrons. The third-order valence-corrected chi connectivity index (χ3v) is 2.86. The standard InChI is InChI=1S/C15H19N5O/c1-4-17-13-8-11(7-12(19-13)10(2)3)15(21)20-14-9-16-5-6-18-14/h5-10H,4H2,1-3H3,(H,17,19)(H,18,20,21). The van der Waals surface area contributed by atoms with Gasteiger partial charge in [-0.15, -0.1) is 0 Å². The Bertz CT molecular complexity index is 613. The lowest BCUT2D eigenvalue weighted by atomic mass is 10.1. The summed E-state index contributed by atoms with van der Waals surface area (Å²) in [6.45, 7) is 6.83. The van der Waals surface area contributed by atoms with Gasteiger partial charge in [0.05, 0.1) is 6.20 Å². The SMILES string of the molecule is CCNc1cc(C(=O)Nc2cnccn2)cc(C(C)C)n1. The number of hydrogen-bond acceptors (Lipinski definition) is 5. The third kappa shape index (κ3) is 3.98. The van der Waals surface area contributed by atoms with Crippen molar-refractivity contribution in [2.75, 3.05) is 17.2 Å². The molecule has 6 nitrogen and oxygen atoms in total. The molecule has 2 rings (SSSR count). The molecule has 0 aliphatic rings. The van der Waals surface area contributed by atoms with Gasteiger partial charge in [0, 0.05) is 30.2 Å². The van der Waals surface area contributed by atoms with Crippen molar-refractivity contribution in [3.05, 3.63) is 42.0 Å². The van der Waals surface area contributed by atoms with Crippen LogP contribution in [-0.2, 0) is 0 Å². The van der Waals surface area contributed by atoms with Crippen LogP contribution in [0.2, 0.25) is 0 Å². The highest BCUT2D eigenvalue weighted by Crippen LogP contribution is 2.18. The van der Waals surface area contributed by atoms with Crippen molar-refractivity contribution >= 4 is 17.5 Å². The molecule has 0 aliphatic heterocycles. The van der Waals surface area contributed by atoms with E-state index in [0.717, 1.165) is 12.2 Å². The van der Waals surface area contributed by atoms with E-state index in [4.69, 9.17) is 0 Å². The fourth-order valence-electron chi connectivity index (χ4n) is 1.80. The largest absolute Gasteiger partial charge is 0.370 e. The second-order valence-electron chi connectivity index (χ2n) is 4.90. The molecule has 2 N–H and O–H groups in total. The van der Waals surface area contributed by atoms with Gasteiger partial charge in [0.25, 0.3) is 5.91 Å². The van der Waals surface area contributed by atoms with Crippen LogP contribution in [0.15, 0.2) is 30.7 Å². The topological polar surface area (TPSA) is 79.8 Å². The maximum atomic E-state index is 12.3. The quantitative estimate of drug-likeness (QED) is 0.883. The van der Waals surface area contributed by atoms with E-state index in [9.17, 15) is 4.79 Å². The first-order chi connectivity index (χ1) is 10.1. The molecule has 0 saturated heterocycles. The monoisotopic (exact) mass is 285 g/mol. The van der Waals surface area contributed by atoms with E-state index in [1.807, 2.05) is 20.8 Å². The number of anilines is 2. The lowest BCUT2D eigenvalue weighted by Gasteiger charge is -2.11.